The van der Waals surface area contributed by atoms with Crippen molar-refractivity contribution in [3.63, 3.8) is 0 Å². The normalized spacial score (nSPS) is 15.4. The van der Waals surface area contributed by atoms with Crippen molar-refractivity contribution in [2.75, 3.05) is 20.8 Å². The predicted molar refractivity (Wildman–Crippen MR) is 144 cm³/mol. The van der Waals surface area contributed by atoms with E-state index in [1.54, 1.807) is 32.6 Å². The van der Waals surface area contributed by atoms with Crippen LogP contribution in [0, 0.1) is 0 Å². The van der Waals surface area contributed by atoms with E-state index in [0.29, 0.717) is 37.7 Å². The zero-order valence-corrected chi connectivity index (χ0v) is 21.8. The smallest absolute Gasteiger partial charge is 0.338 e. The Bertz CT molecular complexity index is 1730. The quantitative estimate of drug-likeness (QED) is 0.364. The monoisotopic (exact) mass is 514 g/mol. The average molecular weight is 515 g/mol. The van der Waals surface area contributed by atoms with Crippen LogP contribution in [0.25, 0.3) is 16.8 Å². The molecule has 1 aliphatic rings. The molecular weight excluding hydrogens is 488 g/mol. The van der Waals surface area contributed by atoms with Crippen LogP contribution in [0.2, 0.25) is 0 Å². The van der Waals surface area contributed by atoms with Gasteiger partial charge < -0.3 is 14.2 Å². The molecule has 1 aromatic heterocycles. The molecule has 0 radical (unpaired) electrons. The lowest BCUT2D eigenvalue weighted by molar-refractivity contribution is -0.139. The van der Waals surface area contributed by atoms with E-state index in [-0.39, 0.29) is 12.2 Å². The van der Waals surface area contributed by atoms with Gasteiger partial charge in [0, 0.05) is 5.56 Å². The highest BCUT2D eigenvalue weighted by Crippen LogP contribution is 2.40. The van der Waals surface area contributed by atoms with Crippen LogP contribution in [0.1, 0.15) is 31.0 Å². The van der Waals surface area contributed by atoms with E-state index in [4.69, 9.17) is 14.2 Å². The van der Waals surface area contributed by atoms with Crippen LogP contribution < -0.4 is 24.4 Å². The van der Waals surface area contributed by atoms with Crippen LogP contribution in [-0.2, 0) is 9.53 Å². The van der Waals surface area contributed by atoms with Crippen molar-refractivity contribution < 1.29 is 19.0 Å². The molecular formula is C29H26N2O5S. The Labute approximate surface area is 217 Å². The van der Waals surface area contributed by atoms with Gasteiger partial charge in [-0.15, -0.1) is 0 Å². The molecule has 37 heavy (non-hydrogen) atoms. The zero-order chi connectivity index (χ0) is 26.1. The maximum absolute atomic E-state index is 14.0. The minimum atomic E-state index is -0.774. The van der Waals surface area contributed by atoms with Crippen molar-refractivity contribution in [1.82, 2.24) is 4.57 Å². The third-order valence-corrected chi connectivity index (χ3v) is 7.32. The van der Waals surface area contributed by atoms with Gasteiger partial charge in [0.1, 0.15) is 17.5 Å². The SMILES string of the molecule is CCOC(=O)C1=C(C)N=c2s/c(=C/c3cccc(OC)c3)c(=O)n2[C@H]1c1c(OC)ccc2ccccc12. The average Bonchev–Trinajstić information content (AvgIpc) is 3.21. The van der Waals surface area contributed by atoms with Crippen LogP contribution in [0.4, 0.5) is 0 Å². The van der Waals surface area contributed by atoms with Gasteiger partial charge in [-0.2, -0.15) is 0 Å². The number of thiazole rings is 1. The number of hydrogen-bond acceptors (Lipinski definition) is 7. The Morgan fingerprint density at radius 1 is 1.08 bits per heavy atom. The molecule has 1 atom stereocenters. The van der Waals surface area contributed by atoms with Crippen LogP contribution in [-0.4, -0.2) is 31.4 Å². The molecule has 8 heteroatoms. The largest absolute Gasteiger partial charge is 0.497 e. The number of hydrogen-bond donors (Lipinski definition) is 0. The number of fused-ring (bicyclic) bond motifs is 2. The van der Waals surface area contributed by atoms with E-state index >= 15 is 0 Å². The fourth-order valence-electron chi connectivity index (χ4n) is 4.68. The van der Waals surface area contributed by atoms with Crippen molar-refractivity contribution >= 4 is 34.2 Å². The number of aromatic nitrogens is 1. The lowest BCUT2D eigenvalue weighted by Gasteiger charge is -2.27. The predicted octanol–water partition coefficient (Wildman–Crippen LogP) is 3.97. The first-order valence-corrected chi connectivity index (χ1v) is 12.7. The molecule has 188 valence electrons. The molecule has 5 rings (SSSR count). The minimum Gasteiger partial charge on any atom is -0.497 e. The molecule has 0 N–H and O–H groups in total. The Morgan fingerprint density at radius 3 is 2.65 bits per heavy atom. The summed E-state index contributed by atoms with van der Waals surface area (Å²) in [6.45, 7) is 3.73. The summed E-state index contributed by atoms with van der Waals surface area (Å²) >= 11 is 1.28. The molecule has 1 aliphatic heterocycles. The van der Waals surface area contributed by atoms with Gasteiger partial charge in [0.2, 0.25) is 0 Å². The summed E-state index contributed by atoms with van der Waals surface area (Å²) in [5.74, 6) is 0.758. The van der Waals surface area contributed by atoms with Gasteiger partial charge in [0.05, 0.1) is 36.6 Å². The molecule has 0 amide bonds. The second kappa shape index (κ2) is 10.1. The maximum Gasteiger partial charge on any atom is 0.338 e. The van der Waals surface area contributed by atoms with E-state index in [1.807, 2.05) is 66.7 Å². The Hall–Kier alpha value is -4.17. The van der Waals surface area contributed by atoms with E-state index in [0.717, 1.165) is 16.3 Å². The number of rotatable bonds is 6. The van der Waals surface area contributed by atoms with Crippen LogP contribution in [0.3, 0.4) is 0 Å². The van der Waals surface area contributed by atoms with Crippen molar-refractivity contribution in [1.29, 1.82) is 0 Å². The van der Waals surface area contributed by atoms with E-state index < -0.39 is 12.0 Å². The van der Waals surface area contributed by atoms with Crippen LogP contribution >= 0.6 is 11.3 Å². The minimum absolute atomic E-state index is 0.204. The number of methoxy groups -OCH3 is 2. The van der Waals surface area contributed by atoms with Crippen LogP contribution in [0.5, 0.6) is 11.5 Å². The van der Waals surface area contributed by atoms with Gasteiger partial charge in [-0.05, 0) is 54.5 Å². The van der Waals surface area contributed by atoms with E-state index in [1.165, 1.54) is 11.3 Å². The number of benzene rings is 3. The lowest BCUT2D eigenvalue weighted by Crippen LogP contribution is -2.40. The standard InChI is InChI=1S/C29H26N2O5S/c1-5-36-28(33)24-17(2)30-29-31(27(32)23(37-29)16-18-9-8-11-20(15-18)34-3)26(24)25-21-12-7-6-10-19(21)13-14-22(25)35-4/h6-16,26H,5H2,1-4H3/b23-16+/t26-/m1/s1. The Kier molecular flexibility index (Phi) is 6.67. The zero-order valence-electron chi connectivity index (χ0n) is 21.0. The van der Waals surface area contributed by atoms with Gasteiger partial charge in [-0.25, -0.2) is 9.79 Å². The molecule has 0 saturated carbocycles. The highest BCUT2D eigenvalue weighted by atomic mass is 32.1. The molecule has 0 unspecified atom stereocenters. The highest BCUT2D eigenvalue weighted by molar-refractivity contribution is 7.07. The molecule has 0 saturated heterocycles. The number of allylic oxidation sites excluding steroid dienone is 1. The van der Waals surface area contributed by atoms with Gasteiger partial charge >= 0.3 is 5.97 Å². The second-order valence-electron chi connectivity index (χ2n) is 8.48. The fourth-order valence-corrected chi connectivity index (χ4v) is 5.73. The highest BCUT2D eigenvalue weighted by Gasteiger charge is 2.36. The van der Waals surface area contributed by atoms with Crippen LogP contribution in [0.15, 0.2) is 81.7 Å². The fraction of sp³-hybridized carbons (Fsp3) is 0.207. The lowest BCUT2D eigenvalue weighted by atomic mass is 9.90. The molecule has 0 aliphatic carbocycles. The summed E-state index contributed by atoms with van der Waals surface area (Å²) in [7, 11) is 3.19. The topological polar surface area (TPSA) is 79.1 Å². The number of carbonyl (C=O) groups is 1. The first-order chi connectivity index (χ1) is 18.0. The number of carbonyl (C=O) groups excluding carboxylic acids is 1. The van der Waals surface area contributed by atoms with Crippen molar-refractivity contribution in [2.24, 2.45) is 4.99 Å². The molecule has 4 aromatic rings. The number of nitrogens with zero attached hydrogens (tertiary/aromatic N) is 2. The summed E-state index contributed by atoms with van der Waals surface area (Å²) in [6.07, 6.45) is 1.81. The molecule has 0 fully saturated rings. The van der Waals surface area contributed by atoms with E-state index in [9.17, 15) is 9.59 Å². The summed E-state index contributed by atoms with van der Waals surface area (Å²) < 4.78 is 18.6. The van der Waals surface area contributed by atoms with Crippen molar-refractivity contribution in [3.8, 4) is 11.5 Å². The summed E-state index contributed by atoms with van der Waals surface area (Å²) in [4.78, 5) is 32.4. The second-order valence-corrected chi connectivity index (χ2v) is 9.49. The first-order valence-electron chi connectivity index (χ1n) is 11.9. The molecule has 7 nitrogen and oxygen atoms in total. The Morgan fingerprint density at radius 2 is 1.89 bits per heavy atom. The van der Waals surface area contributed by atoms with Crippen molar-refractivity contribution in [2.45, 2.75) is 19.9 Å². The third-order valence-electron chi connectivity index (χ3n) is 6.33. The summed E-state index contributed by atoms with van der Waals surface area (Å²) in [5.41, 5.74) is 2.11. The maximum atomic E-state index is 14.0. The molecule has 0 spiro atoms. The Balaban J connectivity index is 1.84. The number of ether oxygens (including phenoxy) is 3. The van der Waals surface area contributed by atoms with Crippen molar-refractivity contribution in [3.05, 3.63) is 103 Å². The number of esters is 1. The van der Waals surface area contributed by atoms with Gasteiger partial charge in [0.25, 0.3) is 5.56 Å². The third kappa shape index (κ3) is 4.34. The molecule has 0 bridgehead atoms. The molecule has 2 heterocycles. The van der Waals surface area contributed by atoms with E-state index in [2.05, 4.69) is 4.99 Å². The first kappa shape index (κ1) is 24.5. The van der Waals surface area contributed by atoms with Gasteiger partial charge in [0.15, 0.2) is 4.80 Å². The molecule has 3 aromatic carbocycles. The summed E-state index contributed by atoms with van der Waals surface area (Å²) in [6, 6.07) is 18.4. The summed E-state index contributed by atoms with van der Waals surface area (Å²) in [5, 5.41) is 1.85. The van der Waals surface area contributed by atoms with Gasteiger partial charge in [-0.1, -0.05) is 53.8 Å². The van der Waals surface area contributed by atoms with Gasteiger partial charge in [-0.3, -0.25) is 9.36 Å².